The Morgan fingerprint density at radius 1 is 0.893 bits per heavy atom. The predicted molar refractivity (Wildman–Crippen MR) is 110 cm³/mol. The van der Waals surface area contributed by atoms with Crippen molar-refractivity contribution in [3.63, 3.8) is 0 Å². The van der Waals surface area contributed by atoms with E-state index < -0.39 is 0 Å². The summed E-state index contributed by atoms with van der Waals surface area (Å²) in [4.78, 5) is 24.9. The molecule has 0 fully saturated rings. The van der Waals surface area contributed by atoms with Gasteiger partial charge in [0.05, 0.1) is 17.4 Å². The molecule has 140 valence electrons. The van der Waals surface area contributed by atoms with Crippen LogP contribution < -0.4 is 16.0 Å². The lowest BCUT2D eigenvalue weighted by Gasteiger charge is -2.25. The van der Waals surface area contributed by atoms with Gasteiger partial charge in [-0.15, -0.1) is 0 Å². The molecule has 0 radical (unpaired) electrons. The van der Waals surface area contributed by atoms with E-state index in [0.717, 1.165) is 16.8 Å². The van der Waals surface area contributed by atoms with Crippen LogP contribution in [0.4, 0.5) is 11.4 Å². The Hall–Kier alpha value is -3.60. The van der Waals surface area contributed by atoms with E-state index in [2.05, 4.69) is 16.0 Å². The molecule has 0 aromatic heterocycles. The van der Waals surface area contributed by atoms with E-state index in [0.29, 0.717) is 11.3 Å². The molecular weight excluding hydrogens is 350 g/mol. The highest BCUT2D eigenvalue weighted by atomic mass is 16.2. The third-order valence-corrected chi connectivity index (χ3v) is 4.85. The molecule has 4 rings (SSSR count). The minimum atomic E-state index is -0.298. The molecule has 5 nitrogen and oxygen atoms in total. The topological polar surface area (TPSA) is 70.2 Å². The molecule has 2 amide bonds. The number of hydrogen-bond donors (Lipinski definition) is 3. The number of anilines is 2. The van der Waals surface area contributed by atoms with Gasteiger partial charge in [-0.05, 0) is 36.2 Å². The summed E-state index contributed by atoms with van der Waals surface area (Å²) in [5.41, 5.74) is 3.93. The average Bonchev–Trinajstić information content (AvgIpc) is 2.73. The molecule has 0 spiro atoms. The SMILES string of the molecule is C[C@@H]1Nc2ccc(C(=O)NC(c3ccccc3)c3ccccc3)cc2NC1=O. The number of benzene rings is 3. The number of amides is 2. The Labute approximate surface area is 163 Å². The summed E-state index contributed by atoms with van der Waals surface area (Å²) in [6.07, 6.45) is 0. The van der Waals surface area contributed by atoms with Gasteiger partial charge in [-0.2, -0.15) is 0 Å². The van der Waals surface area contributed by atoms with Gasteiger partial charge in [0, 0.05) is 5.56 Å². The normalized spacial score (nSPS) is 15.4. The molecule has 0 unspecified atom stereocenters. The van der Waals surface area contributed by atoms with Crippen LogP contribution in [-0.2, 0) is 4.79 Å². The van der Waals surface area contributed by atoms with Gasteiger partial charge in [-0.1, -0.05) is 60.7 Å². The first-order valence-electron chi connectivity index (χ1n) is 9.24. The van der Waals surface area contributed by atoms with Crippen LogP contribution in [0.2, 0.25) is 0 Å². The fourth-order valence-electron chi connectivity index (χ4n) is 3.32. The van der Waals surface area contributed by atoms with Crippen LogP contribution in [0.1, 0.15) is 34.5 Å². The average molecular weight is 371 g/mol. The first kappa shape index (κ1) is 17.8. The third-order valence-electron chi connectivity index (χ3n) is 4.85. The molecule has 3 aromatic rings. The van der Waals surface area contributed by atoms with Crippen molar-refractivity contribution in [2.45, 2.75) is 19.0 Å². The van der Waals surface area contributed by atoms with Gasteiger partial charge in [0.15, 0.2) is 0 Å². The van der Waals surface area contributed by atoms with Crippen LogP contribution in [0.15, 0.2) is 78.9 Å². The first-order valence-corrected chi connectivity index (χ1v) is 9.24. The minimum absolute atomic E-state index is 0.114. The standard InChI is InChI=1S/C23H21N3O2/c1-15-22(27)25-20-14-18(12-13-19(20)24-15)23(28)26-21(16-8-4-2-5-9-16)17-10-6-3-7-11-17/h2-15,21,24H,1H3,(H,25,27)(H,26,28)/t15-/m0/s1. The molecule has 1 aliphatic heterocycles. The van der Waals surface area contributed by atoms with Crippen molar-refractivity contribution in [2.24, 2.45) is 0 Å². The van der Waals surface area contributed by atoms with Gasteiger partial charge in [0.1, 0.15) is 6.04 Å². The summed E-state index contributed by atoms with van der Waals surface area (Å²) in [7, 11) is 0. The van der Waals surface area contributed by atoms with E-state index >= 15 is 0 Å². The summed E-state index contributed by atoms with van der Waals surface area (Å²) in [5.74, 6) is -0.315. The van der Waals surface area contributed by atoms with Gasteiger partial charge in [0.2, 0.25) is 5.91 Å². The number of rotatable bonds is 4. The maximum absolute atomic E-state index is 13.0. The van der Waals surface area contributed by atoms with Crippen LogP contribution in [0.3, 0.4) is 0 Å². The Kier molecular flexibility index (Phi) is 4.81. The van der Waals surface area contributed by atoms with Crippen molar-refractivity contribution >= 4 is 23.2 Å². The lowest BCUT2D eigenvalue weighted by atomic mass is 9.98. The summed E-state index contributed by atoms with van der Waals surface area (Å²) in [6, 6.07) is 24.4. The lowest BCUT2D eigenvalue weighted by molar-refractivity contribution is -0.116. The minimum Gasteiger partial charge on any atom is -0.372 e. The first-order chi connectivity index (χ1) is 13.6. The Bertz CT molecular complexity index is 963. The van der Waals surface area contributed by atoms with Gasteiger partial charge >= 0.3 is 0 Å². The Balaban J connectivity index is 1.62. The second-order valence-electron chi connectivity index (χ2n) is 6.84. The highest BCUT2D eigenvalue weighted by molar-refractivity contribution is 6.05. The van der Waals surface area contributed by atoms with Crippen LogP contribution in [0, 0.1) is 0 Å². The number of nitrogens with one attached hydrogen (secondary N) is 3. The van der Waals surface area contributed by atoms with E-state index in [1.54, 1.807) is 19.1 Å². The van der Waals surface area contributed by atoms with Crippen LogP contribution in [0.5, 0.6) is 0 Å². The largest absolute Gasteiger partial charge is 0.372 e. The summed E-state index contributed by atoms with van der Waals surface area (Å²) >= 11 is 0. The Morgan fingerprint density at radius 2 is 1.50 bits per heavy atom. The summed E-state index contributed by atoms with van der Waals surface area (Å²) in [6.45, 7) is 1.79. The van der Waals surface area contributed by atoms with Gasteiger partial charge in [-0.25, -0.2) is 0 Å². The number of fused-ring (bicyclic) bond motifs is 1. The van der Waals surface area contributed by atoms with Crippen molar-refractivity contribution in [1.29, 1.82) is 0 Å². The van der Waals surface area contributed by atoms with Gasteiger partial charge in [0.25, 0.3) is 5.91 Å². The molecule has 3 N–H and O–H groups in total. The molecule has 1 aliphatic rings. The van der Waals surface area contributed by atoms with E-state index in [1.807, 2.05) is 66.7 Å². The van der Waals surface area contributed by atoms with Gasteiger partial charge in [-0.3, -0.25) is 9.59 Å². The maximum Gasteiger partial charge on any atom is 0.252 e. The van der Waals surface area contributed by atoms with E-state index in [4.69, 9.17) is 0 Å². The Morgan fingerprint density at radius 3 is 2.11 bits per heavy atom. The molecule has 28 heavy (non-hydrogen) atoms. The zero-order chi connectivity index (χ0) is 19.5. The second kappa shape index (κ2) is 7.56. The van der Waals surface area contributed by atoms with Crippen molar-refractivity contribution < 1.29 is 9.59 Å². The molecule has 5 heteroatoms. The van der Waals surface area contributed by atoms with Crippen molar-refractivity contribution in [1.82, 2.24) is 5.32 Å². The van der Waals surface area contributed by atoms with Crippen LogP contribution >= 0.6 is 0 Å². The number of carbonyl (C=O) groups excluding carboxylic acids is 2. The van der Waals surface area contributed by atoms with Crippen molar-refractivity contribution in [3.05, 3.63) is 95.6 Å². The molecule has 0 aliphatic carbocycles. The second-order valence-corrected chi connectivity index (χ2v) is 6.84. The van der Waals surface area contributed by atoms with E-state index in [-0.39, 0.29) is 23.9 Å². The summed E-state index contributed by atoms with van der Waals surface area (Å²) < 4.78 is 0. The fourth-order valence-corrected chi connectivity index (χ4v) is 3.32. The monoisotopic (exact) mass is 371 g/mol. The fraction of sp³-hybridized carbons (Fsp3) is 0.130. The number of hydrogen-bond acceptors (Lipinski definition) is 3. The zero-order valence-electron chi connectivity index (χ0n) is 15.5. The molecule has 0 saturated heterocycles. The molecular formula is C23H21N3O2. The molecule has 3 aromatic carbocycles. The molecule has 0 bridgehead atoms. The molecule has 1 atom stereocenters. The molecule has 0 saturated carbocycles. The zero-order valence-corrected chi connectivity index (χ0v) is 15.5. The molecule has 1 heterocycles. The third kappa shape index (κ3) is 3.60. The highest BCUT2D eigenvalue weighted by Gasteiger charge is 2.23. The summed E-state index contributed by atoms with van der Waals surface area (Å²) in [5, 5.41) is 9.09. The van der Waals surface area contributed by atoms with E-state index in [1.165, 1.54) is 0 Å². The van der Waals surface area contributed by atoms with E-state index in [9.17, 15) is 9.59 Å². The highest BCUT2D eigenvalue weighted by Crippen LogP contribution is 2.28. The lowest BCUT2D eigenvalue weighted by Crippen LogP contribution is -2.36. The van der Waals surface area contributed by atoms with Crippen LogP contribution in [0.25, 0.3) is 0 Å². The number of carbonyl (C=O) groups is 2. The maximum atomic E-state index is 13.0. The predicted octanol–water partition coefficient (Wildman–Crippen LogP) is 3.96. The van der Waals surface area contributed by atoms with Crippen molar-refractivity contribution in [2.75, 3.05) is 10.6 Å². The van der Waals surface area contributed by atoms with Crippen LogP contribution in [-0.4, -0.2) is 17.9 Å². The van der Waals surface area contributed by atoms with Crippen molar-refractivity contribution in [3.8, 4) is 0 Å². The quantitative estimate of drug-likeness (QED) is 0.650. The van der Waals surface area contributed by atoms with Gasteiger partial charge < -0.3 is 16.0 Å². The smallest absolute Gasteiger partial charge is 0.252 e.